The SMILES string of the molecule is CC(C)CCC(=O)N1C[C@H](C)CC1COP(=O)(O)O[C@@H]1C[C@@H](COC(C)C)N(C(=O)CCCSC(C)C)C1. The van der Waals surface area contributed by atoms with Crippen molar-refractivity contribution in [2.75, 3.05) is 32.1 Å². The van der Waals surface area contributed by atoms with Crippen LogP contribution in [0.2, 0.25) is 0 Å². The van der Waals surface area contributed by atoms with Crippen LogP contribution in [0.1, 0.15) is 87.0 Å². The molecular weight excluding hydrogens is 527 g/mol. The van der Waals surface area contributed by atoms with E-state index in [2.05, 4.69) is 34.6 Å². The van der Waals surface area contributed by atoms with Gasteiger partial charge in [0.15, 0.2) is 0 Å². The maximum absolute atomic E-state index is 13.0. The molecule has 0 spiro atoms. The van der Waals surface area contributed by atoms with E-state index >= 15 is 0 Å². The van der Waals surface area contributed by atoms with E-state index in [0.29, 0.717) is 49.5 Å². The first-order chi connectivity index (χ1) is 17.8. The molecule has 0 saturated carbocycles. The molecule has 222 valence electrons. The zero-order valence-corrected chi connectivity index (χ0v) is 26.2. The van der Waals surface area contributed by atoms with Crippen LogP contribution < -0.4 is 0 Å². The van der Waals surface area contributed by atoms with Crippen LogP contribution in [0.25, 0.3) is 0 Å². The van der Waals surface area contributed by atoms with Gasteiger partial charge in [0.1, 0.15) is 0 Å². The first kappa shape index (κ1) is 33.6. The predicted octanol–water partition coefficient (Wildman–Crippen LogP) is 5.11. The fraction of sp³-hybridized carbons (Fsp3) is 0.926. The molecule has 0 aromatic heterocycles. The summed E-state index contributed by atoms with van der Waals surface area (Å²) in [4.78, 5) is 39.8. The Kier molecular flexibility index (Phi) is 14.1. The summed E-state index contributed by atoms with van der Waals surface area (Å²) in [5.74, 6) is 1.74. The molecule has 2 amide bonds. The zero-order valence-electron chi connectivity index (χ0n) is 24.5. The monoisotopic (exact) mass is 578 g/mol. The fourth-order valence-electron chi connectivity index (χ4n) is 4.97. The summed E-state index contributed by atoms with van der Waals surface area (Å²) in [5, 5.41) is 0.526. The van der Waals surface area contributed by atoms with E-state index in [0.717, 1.165) is 25.0 Å². The molecule has 38 heavy (non-hydrogen) atoms. The van der Waals surface area contributed by atoms with Gasteiger partial charge in [-0.3, -0.25) is 18.6 Å². The smallest absolute Gasteiger partial charge is 0.377 e. The summed E-state index contributed by atoms with van der Waals surface area (Å²) in [5.41, 5.74) is 0. The van der Waals surface area contributed by atoms with Crippen molar-refractivity contribution in [3.8, 4) is 0 Å². The molecule has 2 rings (SSSR count). The topological polar surface area (TPSA) is 106 Å². The summed E-state index contributed by atoms with van der Waals surface area (Å²) in [7, 11) is -4.38. The Morgan fingerprint density at radius 1 is 0.974 bits per heavy atom. The van der Waals surface area contributed by atoms with Gasteiger partial charge in [0.2, 0.25) is 11.8 Å². The lowest BCUT2D eigenvalue weighted by Gasteiger charge is -2.26. The number of amides is 2. The average Bonchev–Trinajstić information content (AvgIpc) is 3.39. The van der Waals surface area contributed by atoms with Crippen LogP contribution in [0.4, 0.5) is 0 Å². The minimum atomic E-state index is -4.38. The molecule has 2 aliphatic rings. The molecule has 2 unspecified atom stereocenters. The average molecular weight is 579 g/mol. The lowest BCUT2D eigenvalue weighted by Crippen LogP contribution is -2.39. The number of carbonyl (C=O) groups excluding carboxylic acids is 2. The van der Waals surface area contributed by atoms with E-state index in [1.54, 1.807) is 9.80 Å². The number of hydrogen-bond acceptors (Lipinski definition) is 7. The van der Waals surface area contributed by atoms with Gasteiger partial charge in [-0.25, -0.2) is 4.57 Å². The van der Waals surface area contributed by atoms with Crippen LogP contribution >= 0.6 is 19.6 Å². The maximum Gasteiger partial charge on any atom is 0.472 e. The fourth-order valence-corrected chi connectivity index (χ4v) is 6.71. The maximum atomic E-state index is 13.0. The van der Waals surface area contributed by atoms with Crippen molar-refractivity contribution in [3.63, 3.8) is 0 Å². The van der Waals surface area contributed by atoms with Crippen LogP contribution in [-0.4, -0.2) is 88.1 Å². The Bertz CT molecular complexity index is 797. The van der Waals surface area contributed by atoms with E-state index in [1.807, 2.05) is 25.6 Å². The van der Waals surface area contributed by atoms with Crippen molar-refractivity contribution in [3.05, 3.63) is 0 Å². The van der Waals surface area contributed by atoms with Gasteiger partial charge in [-0.1, -0.05) is 34.6 Å². The van der Waals surface area contributed by atoms with Gasteiger partial charge in [-0.15, -0.1) is 0 Å². The van der Waals surface area contributed by atoms with Crippen molar-refractivity contribution in [1.82, 2.24) is 9.80 Å². The molecule has 0 aliphatic carbocycles. The van der Waals surface area contributed by atoms with E-state index < -0.39 is 13.9 Å². The Morgan fingerprint density at radius 2 is 1.61 bits per heavy atom. The summed E-state index contributed by atoms with van der Waals surface area (Å²) in [6.45, 7) is 15.6. The van der Waals surface area contributed by atoms with Crippen LogP contribution in [0.5, 0.6) is 0 Å². The molecular formula is C27H51N2O7PS. The highest BCUT2D eigenvalue weighted by atomic mass is 32.2. The van der Waals surface area contributed by atoms with Gasteiger partial charge in [0, 0.05) is 25.9 Å². The molecule has 2 fully saturated rings. The third-order valence-electron chi connectivity index (χ3n) is 6.90. The normalized spacial score (nSPS) is 25.7. The van der Waals surface area contributed by atoms with E-state index in [4.69, 9.17) is 13.8 Å². The molecule has 1 N–H and O–H groups in total. The number of nitrogens with zero attached hydrogens (tertiary/aromatic N) is 2. The van der Waals surface area contributed by atoms with Crippen molar-refractivity contribution in [2.45, 2.75) is 117 Å². The van der Waals surface area contributed by atoms with Gasteiger partial charge in [-0.05, 0) is 62.4 Å². The first-order valence-corrected chi connectivity index (χ1v) is 16.8. The van der Waals surface area contributed by atoms with Crippen molar-refractivity contribution in [2.24, 2.45) is 11.8 Å². The van der Waals surface area contributed by atoms with Crippen LogP contribution in [0.3, 0.4) is 0 Å². The van der Waals surface area contributed by atoms with E-state index in [1.165, 1.54) is 0 Å². The summed E-state index contributed by atoms with van der Waals surface area (Å²) in [6.07, 6.45) is 3.03. The Balaban J connectivity index is 1.93. The molecule has 2 saturated heterocycles. The Hall–Kier alpha value is -0.640. The number of phosphoric ester groups is 1. The summed E-state index contributed by atoms with van der Waals surface area (Å²) < 4.78 is 29.7. The second-order valence-electron chi connectivity index (χ2n) is 11.8. The number of ether oxygens (including phenoxy) is 1. The Morgan fingerprint density at radius 3 is 2.24 bits per heavy atom. The molecule has 5 atom stereocenters. The minimum absolute atomic E-state index is 0.0154. The van der Waals surface area contributed by atoms with E-state index in [9.17, 15) is 19.0 Å². The lowest BCUT2D eigenvalue weighted by atomic mass is 10.1. The van der Waals surface area contributed by atoms with Gasteiger partial charge in [0.05, 0.1) is 37.5 Å². The highest BCUT2D eigenvalue weighted by molar-refractivity contribution is 7.99. The van der Waals surface area contributed by atoms with E-state index in [-0.39, 0.29) is 43.2 Å². The molecule has 0 bridgehead atoms. The minimum Gasteiger partial charge on any atom is -0.377 e. The largest absolute Gasteiger partial charge is 0.472 e. The van der Waals surface area contributed by atoms with Gasteiger partial charge in [-0.2, -0.15) is 11.8 Å². The van der Waals surface area contributed by atoms with Crippen LogP contribution in [-0.2, 0) is 27.9 Å². The highest BCUT2D eigenvalue weighted by Crippen LogP contribution is 2.47. The third kappa shape index (κ3) is 11.8. The van der Waals surface area contributed by atoms with Crippen molar-refractivity contribution >= 4 is 31.4 Å². The second-order valence-corrected chi connectivity index (χ2v) is 14.9. The molecule has 2 heterocycles. The second kappa shape index (κ2) is 16.0. The van der Waals surface area contributed by atoms with Crippen LogP contribution in [0, 0.1) is 11.8 Å². The molecule has 11 heteroatoms. The number of carbonyl (C=O) groups is 2. The van der Waals surface area contributed by atoms with Crippen LogP contribution in [0.15, 0.2) is 0 Å². The zero-order chi connectivity index (χ0) is 28.5. The van der Waals surface area contributed by atoms with Gasteiger partial charge < -0.3 is 19.4 Å². The molecule has 0 aromatic carbocycles. The quantitative estimate of drug-likeness (QED) is 0.199. The molecule has 0 aromatic rings. The number of rotatable bonds is 16. The lowest BCUT2D eigenvalue weighted by molar-refractivity contribution is -0.134. The number of phosphoric acid groups is 1. The predicted molar refractivity (Wildman–Crippen MR) is 152 cm³/mol. The van der Waals surface area contributed by atoms with Gasteiger partial charge >= 0.3 is 7.82 Å². The number of thioether (sulfide) groups is 1. The summed E-state index contributed by atoms with van der Waals surface area (Å²) in [6, 6.07) is -0.455. The van der Waals surface area contributed by atoms with Crippen molar-refractivity contribution in [1.29, 1.82) is 0 Å². The third-order valence-corrected chi connectivity index (χ3v) is 9.13. The van der Waals surface area contributed by atoms with Crippen molar-refractivity contribution < 1.29 is 32.8 Å². The highest BCUT2D eigenvalue weighted by Gasteiger charge is 2.41. The number of likely N-dealkylation sites (tertiary alicyclic amines) is 2. The Labute approximate surface area is 234 Å². The standard InChI is InChI=1S/C27H51N2O7PS/c1-19(2)10-11-27(31)28-15-22(7)13-23(28)18-35-37(32,33)36-25-14-24(17-34-20(3)4)29(16-25)26(30)9-8-12-38-21(5)6/h19-25H,8-18H2,1-7H3,(H,32,33)/t22-,23?,24+,25-/m1/s1. The molecule has 9 nitrogen and oxygen atoms in total. The first-order valence-electron chi connectivity index (χ1n) is 14.2. The molecule has 0 radical (unpaired) electrons. The number of hydrogen-bond donors (Lipinski definition) is 1. The van der Waals surface area contributed by atoms with Gasteiger partial charge in [0.25, 0.3) is 0 Å². The summed E-state index contributed by atoms with van der Waals surface area (Å²) >= 11 is 1.83. The molecule has 2 aliphatic heterocycles.